The van der Waals surface area contributed by atoms with E-state index in [1.807, 2.05) is 0 Å². The molecule has 6 nitrogen and oxygen atoms in total. The molecule has 2 aromatic rings. The number of fused-ring (bicyclic) bond motifs is 1. The molecule has 0 aliphatic carbocycles. The average Bonchev–Trinajstić information content (AvgIpc) is 3.35. The molecule has 1 atom stereocenters. The van der Waals surface area contributed by atoms with Gasteiger partial charge in [-0.15, -0.1) is 0 Å². The highest BCUT2D eigenvalue weighted by atomic mass is 79.9. The third kappa shape index (κ3) is 3.81. The topological polar surface area (TPSA) is 75.7 Å². The van der Waals surface area contributed by atoms with E-state index >= 15 is 0 Å². The number of benzene rings is 2. The van der Waals surface area contributed by atoms with Crippen LogP contribution in [0.4, 0.5) is 5.69 Å². The molecule has 1 unspecified atom stereocenters. The largest absolute Gasteiger partial charge is 0.376 e. The molecule has 1 amide bonds. The molecule has 0 aromatic heterocycles. The van der Waals surface area contributed by atoms with Crippen LogP contribution in [-0.2, 0) is 21.2 Å². The van der Waals surface area contributed by atoms with Gasteiger partial charge in [-0.05, 0) is 67.3 Å². The third-order valence-corrected chi connectivity index (χ3v) is 7.47. The van der Waals surface area contributed by atoms with Gasteiger partial charge in [0.05, 0.1) is 16.7 Å². The van der Waals surface area contributed by atoms with Gasteiger partial charge in [-0.25, -0.2) is 8.42 Å². The zero-order valence-corrected chi connectivity index (χ0v) is 17.6. The van der Waals surface area contributed by atoms with Gasteiger partial charge < -0.3 is 10.1 Å². The summed E-state index contributed by atoms with van der Waals surface area (Å²) < 4.78 is 33.8. The lowest BCUT2D eigenvalue weighted by Crippen LogP contribution is -2.31. The molecule has 0 spiro atoms. The zero-order chi connectivity index (χ0) is 19.7. The summed E-state index contributed by atoms with van der Waals surface area (Å²) in [5.74, 6) is -0.160. The predicted molar refractivity (Wildman–Crippen MR) is 110 cm³/mol. The van der Waals surface area contributed by atoms with Crippen molar-refractivity contribution in [3.8, 4) is 0 Å². The lowest BCUT2D eigenvalue weighted by atomic mass is 10.1. The Kier molecular flexibility index (Phi) is 5.44. The number of carbonyl (C=O) groups is 1. The Morgan fingerprint density at radius 1 is 1.21 bits per heavy atom. The quantitative estimate of drug-likeness (QED) is 0.737. The minimum absolute atomic E-state index is 0.0879. The van der Waals surface area contributed by atoms with Crippen molar-refractivity contribution < 1.29 is 17.9 Å². The molecule has 8 heteroatoms. The molecule has 1 saturated heterocycles. The number of anilines is 1. The maximum Gasteiger partial charge on any atom is 0.264 e. The van der Waals surface area contributed by atoms with Crippen LogP contribution in [0.3, 0.4) is 0 Å². The fourth-order valence-corrected chi connectivity index (χ4v) is 5.38. The highest BCUT2D eigenvalue weighted by Crippen LogP contribution is 2.33. The molecule has 1 N–H and O–H groups in total. The van der Waals surface area contributed by atoms with Gasteiger partial charge in [-0.1, -0.05) is 15.9 Å². The van der Waals surface area contributed by atoms with E-state index in [1.54, 1.807) is 42.5 Å². The number of hydrogen-bond donors (Lipinski definition) is 1. The van der Waals surface area contributed by atoms with Gasteiger partial charge in [0.2, 0.25) is 0 Å². The molecule has 28 heavy (non-hydrogen) atoms. The minimum Gasteiger partial charge on any atom is -0.376 e. The second-order valence-electron chi connectivity index (χ2n) is 6.97. The first-order valence-corrected chi connectivity index (χ1v) is 11.5. The normalized spacial score (nSPS) is 18.9. The number of sulfonamides is 1. The van der Waals surface area contributed by atoms with Crippen molar-refractivity contribution in [3.05, 3.63) is 58.1 Å². The Hall–Kier alpha value is -1.90. The maximum absolute atomic E-state index is 13.0. The molecule has 4 rings (SSSR count). The number of rotatable bonds is 5. The molecule has 0 bridgehead atoms. The van der Waals surface area contributed by atoms with E-state index < -0.39 is 10.0 Å². The molecule has 1 fully saturated rings. The van der Waals surface area contributed by atoms with Crippen molar-refractivity contribution in [1.29, 1.82) is 0 Å². The summed E-state index contributed by atoms with van der Waals surface area (Å²) in [6, 6.07) is 11.8. The standard InChI is InChI=1S/C20H21BrN2O4S/c21-16-4-6-18(7-5-16)28(25,26)23-10-9-14-12-15(3-8-19(14)23)20(24)22-13-17-2-1-11-27-17/h3-8,12,17H,1-2,9-11,13H2,(H,22,24). The van der Waals surface area contributed by atoms with Crippen LogP contribution in [0.2, 0.25) is 0 Å². The number of halogens is 1. The summed E-state index contributed by atoms with van der Waals surface area (Å²) in [4.78, 5) is 12.7. The SMILES string of the molecule is O=C(NCC1CCCO1)c1ccc2c(c1)CCN2S(=O)(=O)c1ccc(Br)cc1. The number of amides is 1. The number of nitrogens with zero attached hydrogens (tertiary/aromatic N) is 1. The number of carbonyl (C=O) groups excluding carboxylic acids is 1. The number of nitrogens with one attached hydrogen (secondary N) is 1. The van der Waals surface area contributed by atoms with Crippen molar-refractivity contribution in [3.63, 3.8) is 0 Å². The van der Waals surface area contributed by atoms with E-state index in [9.17, 15) is 13.2 Å². The van der Waals surface area contributed by atoms with Crippen molar-refractivity contribution >= 4 is 37.5 Å². The second-order valence-corrected chi connectivity index (χ2v) is 9.75. The van der Waals surface area contributed by atoms with Crippen LogP contribution >= 0.6 is 15.9 Å². The molecule has 0 saturated carbocycles. The van der Waals surface area contributed by atoms with E-state index in [1.165, 1.54) is 4.31 Å². The Labute approximate surface area is 173 Å². The summed E-state index contributed by atoms with van der Waals surface area (Å²) in [6.07, 6.45) is 2.66. The Morgan fingerprint density at radius 2 is 2.00 bits per heavy atom. The maximum atomic E-state index is 13.0. The average molecular weight is 465 g/mol. The first kappa shape index (κ1) is 19.4. The van der Waals surface area contributed by atoms with Crippen LogP contribution < -0.4 is 9.62 Å². The first-order chi connectivity index (χ1) is 13.4. The Bertz CT molecular complexity index is 986. The van der Waals surface area contributed by atoms with Gasteiger partial charge in [0, 0.05) is 29.7 Å². The number of ether oxygens (including phenoxy) is 1. The summed E-state index contributed by atoms with van der Waals surface area (Å²) in [7, 11) is -3.63. The molecule has 2 aromatic carbocycles. The van der Waals surface area contributed by atoms with Crippen LogP contribution in [0.25, 0.3) is 0 Å². The van der Waals surface area contributed by atoms with E-state index in [0.717, 1.165) is 29.5 Å². The smallest absolute Gasteiger partial charge is 0.264 e. The monoisotopic (exact) mass is 464 g/mol. The van der Waals surface area contributed by atoms with Crippen molar-refractivity contribution in [2.45, 2.75) is 30.3 Å². The minimum atomic E-state index is -3.63. The Balaban J connectivity index is 1.51. The first-order valence-electron chi connectivity index (χ1n) is 9.26. The molecule has 2 heterocycles. The van der Waals surface area contributed by atoms with E-state index in [-0.39, 0.29) is 16.9 Å². The predicted octanol–water partition coefficient (Wildman–Crippen LogP) is 3.11. The molecular formula is C20H21BrN2O4S. The van der Waals surface area contributed by atoms with Gasteiger partial charge in [-0.2, -0.15) is 0 Å². The second kappa shape index (κ2) is 7.85. The fourth-order valence-electron chi connectivity index (χ4n) is 3.61. The molecule has 0 radical (unpaired) electrons. The summed E-state index contributed by atoms with van der Waals surface area (Å²) in [5.41, 5.74) is 2.05. The van der Waals surface area contributed by atoms with Gasteiger partial charge >= 0.3 is 0 Å². The highest BCUT2D eigenvalue weighted by molar-refractivity contribution is 9.10. The Morgan fingerprint density at radius 3 is 2.71 bits per heavy atom. The summed E-state index contributed by atoms with van der Waals surface area (Å²) in [6.45, 7) is 1.62. The van der Waals surface area contributed by atoms with Crippen LogP contribution in [-0.4, -0.2) is 40.1 Å². The summed E-state index contributed by atoms with van der Waals surface area (Å²) >= 11 is 3.32. The fraction of sp³-hybridized carbons (Fsp3) is 0.350. The van der Waals surface area contributed by atoms with E-state index in [4.69, 9.17) is 4.74 Å². The van der Waals surface area contributed by atoms with Gasteiger partial charge in [0.25, 0.3) is 15.9 Å². The number of hydrogen-bond acceptors (Lipinski definition) is 4. The van der Waals surface area contributed by atoms with Gasteiger partial charge in [0.1, 0.15) is 0 Å². The summed E-state index contributed by atoms with van der Waals surface area (Å²) in [5, 5.41) is 2.90. The van der Waals surface area contributed by atoms with Crippen LogP contribution in [0.1, 0.15) is 28.8 Å². The highest BCUT2D eigenvalue weighted by Gasteiger charge is 2.31. The molecule has 2 aliphatic heterocycles. The zero-order valence-electron chi connectivity index (χ0n) is 15.2. The van der Waals surface area contributed by atoms with Gasteiger partial charge in [0.15, 0.2) is 0 Å². The molecule has 148 valence electrons. The lowest BCUT2D eigenvalue weighted by molar-refractivity contribution is 0.0857. The van der Waals surface area contributed by atoms with Crippen LogP contribution in [0.15, 0.2) is 51.8 Å². The van der Waals surface area contributed by atoms with Crippen molar-refractivity contribution in [2.75, 3.05) is 24.0 Å². The van der Waals surface area contributed by atoms with E-state index in [0.29, 0.717) is 30.8 Å². The van der Waals surface area contributed by atoms with E-state index in [2.05, 4.69) is 21.2 Å². The molecular weight excluding hydrogens is 444 g/mol. The van der Waals surface area contributed by atoms with Crippen molar-refractivity contribution in [1.82, 2.24) is 5.32 Å². The third-order valence-electron chi connectivity index (χ3n) is 5.11. The van der Waals surface area contributed by atoms with Crippen LogP contribution in [0, 0.1) is 0 Å². The van der Waals surface area contributed by atoms with Crippen LogP contribution in [0.5, 0.6) is 0 Å². The van der Waals surface area contributed by atoms with Crippen molar-refractivity contribution in [2.24, 2.45) is 0 Å². The van der Waals surface area contributed by atoms with Gasteiger partial charge in [-0.3, -0.25) is 9.10 Å². The molecule has 2 aliphatic rings. The lowest BCUT2D eigenvalue weighted by Gasteiger charge is -2.20.